The van der Waals surface area contributed by atoms with Crippen LogP contribution in [0.5, 0.6) is 0 Å². The number of ether oxygens (including phenoxy) is 1. The monoisotopic (exact) mass is 245 g/mol. The molecule has 1 aromatic rings. The van der Waals surface area contributed by atoms with Crippen molar-refractivity contribution in [2.24, 2.45) is 0 Å². The molecule has 0 unspecified atom stereocenters. The number of aromatic nitrogens is 1. The minimum absolute atomic E-state index is 0.197. The molecule has 0 amide bonds. The first-order chi connectivity index (χ1) is 7.26. The molecular formula is C10H15NO2S2. The first-order valence-corrected chi connectivity index (χ1v) is 6.96. The maximum absolute atomic E-state index is 11.2. The number of carbonyl (C=O) groups is 1. The van der Waals surface area contributed by atoms with Gasteiger partial charge in [0.25, 0.3) is 0 Å². The van der Waals surface area contributed by atoms with Gasteiger partial charge in [-0.2, -0.15) is 11.8 Å². The molecule has 5 heteroatoms. The third kappa shape index (κ3) is 4.66. The largest absolute Gasteiger partial charge is 0.466 e. The molecule has 1 heterocycles. The van der Waals surface area contributed by atoms with Crippen molar-refractivity contribution in [3.8, 4) is 0 Å². The number of esters is 1. The van der Waals surface area contributed by atoms with E-state index in [0.717, 1.165) is 22.2 Å². The molecule has 0 fully saturated rings. The van der Waals surface area contributed by atoms with Gasteiger partial charge >= 0.3 is 5.97 Å². The summed E-state index contributed by atoms with van der Waals surface area (Å²) in [5.74, 6) is 1.83. The second-order valence-electron chi connectivity index (χ2n) is 2.85. The number of hydrogen-bond donors (Lipinski definition) is 0. The van der Waals surface area contributed by atoms with Crippen LogP contribution >= 0.6 is 23.1 Å². The zero-order valence-corrected chi connectivity index (χ0v) is 10.6. The standard InChI is InChI=1S/C10H15NO2S2/c1-3-13-10(12)5-8-6-15-9(11-8)7-14-4-2/h6H,3-5,7H2,1-2H3. The van der Waals surface area contributed by atoms with Crippen LogP contribution in [0.1, 0.15) is 24.5 Å². The molecule has 0 aliphatic rings. The van der Waals surface area contributed by atoms with Crippen molar-refractivity contribution >= 4 is 29.1 Å². The maximum Gasteiger partial charge on any atom is 0.311 e. The Bertz CT molecular complexity index is 312. The molecule has 0 N–H and O–H groups in total. The third-order valence-electron chi connectivity index (χ3n) is 1.66. The fraction of sp³-hybridized carbons (Fsp3) is 0.600. The molecule has 0 aliphatic heterocycles. The van der Waals surface area contributed by atoms with Crippen LogP contribution in [0.4, 0.5) is 0 Å². The van der Waals surface area contributed by atoms with E-state index >= 15 is 0 Å². The highest BCUT2D eigenvalue weighted by molar-refractivity contribution is 7.98. The van der Waals surface area contributed by atoms with E-state index in [1.54, 1.807) is 11.3 Å². The van der Waals surface area contributed by atoms with Gasteiger partial charge < -0.3 is 4.74 Å². The average Bonchev–Trinajstić information content (AvgIpc) is 2.63. The highest BCUT2D eigenvalue weighted by Gasteiger charge is 2.07. The molecule has 3 nitrogen and oxygen atoms in total. The van der Waals surface area contributed by atoms with Gasteiger partial charge in [0.15, 0.2) is 0 Å². The van der Waals surface area contributed by atoms with Crippen molar-refractivity contribution in [1.82, 2.24) is 4.98 Å². The van der Waals surface area contributed by atoms with E-state index in [4.69, 9.17) is 4.74 Å². The summed E-state index contributed by atoms with van der Waals surface area (Å²) < 4.78 is 4.86. The molecule has 1 aromatic heterocycles. The van der Waals surface area contributed by atoms with Gasteiger partial charge in [-0.1, -0.05) is 6.92 Å². The molecule has 0 saturated heterocycles. The lowest BCUT2D eigenvalue weighted by atomic mass is 10.3. The van der Waals surface area contributed by atoms with Crippen molar-refractivity contribution < 1.29 is 9.53 Å². The van der Waals surface area contributed by atoms with Crippen molar-refractivity contribution in [3.63, 3.8) is 0 Å². The van der Waals surface area contributed by atoms with Gasteiger partial charge in [-0.05, 0) is 12.7 Å². The zero-order valence-electron chi connectivity index (χ0n) is 8.99. The summed E-state index contributed by atoms with van der Waals surface area (Å²) in [6.07, 6.45) is 0.293. The Morgan fingerprint density at radius 3 is 3.07 bits per heavy atom. The number of thiazole rings is 1. The Hall–Kier alpha value is -0.550. The SMILES string of the molecule is CCOC(=O)Cc1csc(CSCC)n1. The first-order valence-electron chi connectivity index (χ1n) is 4.92. The van der Waals surface area contributed by atoms with E-state index in [2.05, 4.69) is 11.9 Å². The van der Waals surface area contributed by atoms with Crippen LogP contribution in [0.3, 0.4) is 0 Å². The predicted octanol–water partition coefficient (Wildman–Crippen LogP) is 2.50. The van der Waals surface area contributed by atoms with E-state index in [1.807, 2.05) is 24.1 Å². The van der Waals surface area contributed by atoms with Crippen molar-refractivity contribution in [1.29, 1.82) is 0 Å². The lowest BCUT2D eigenvalue weighted by Gasteiger charge is -1.98. The summed E-state index contributed by atoms with van der Waals surface area (Å²) in [7, 11) is 0. The number of hydrogen-bond acceptors (Lipinski definition) is 5. The Kier molecular flexibility index (Phi) is 5.71. The lowest BCUT2D eigenvalue weighted by Crippen LogP contribution is -2.07. The third-order valence-corrected chi connectivity index (χ3v) is 3.63. The number of carbonyl (C=O) groups excluding carboxylic acids is 1. The second kappa shape index (κ2) is 6.85. The molecule has 15 heavy (non-hydrogen) atoms. The van der Waals surface area contributed by atoms with E-state index in [0.29, 0.717) is 13.0 Å². The Labute approximate surface area is 98.2 Å². The second-order valence-corrected chi connectivity index (χ2v) is 5.07. The molecule has 0 aliphatic carbocycles. The average molecular weight is 245 g/mol. The minimum Gasteiger partial charge on any atom is -0.466 e. The normalized spacial score (nSPS) is 10.3. The summed E-state index contributed by atoms with van der Waals surface area (Å²) in [6.45, 7) is 4.36. The highest BCUT2D eigenvalue weighted by Crippen LogP contribution is 2.16. The highest BCUT2D eigenvalue weighted by atomic mass is 32.2. The lowest BCUT2D eigenvalue weighted by molar-refractivity contribution is -0.142. The van der Waals surface area contributed by atoms with Crippen LogP contribution < -0.4 is 0 Å². The van der Waals surface area contributed by atoms with Crippen LogP contribution in [0.2, 0.25) is 0 Å². The van der Waals surface area contributed by atoms with Crippen LogP contribution in [0.15, 0.2) is 5.38 Å². The van der Waals surface area contributed by atoms with Crippen molar-refractivity contribution in [3.05, 3.63) is 16.1 Å². The Morgan fingerprint density at radius 1 is 1.60 bits per heavy atom. The van der Waals surface area contributed by atoms with Crippen molar-refractivity contribution in [2.75, 3.05) is 12.4 Å². The van der Waals surface area contributed by atoms with Crippen LogP contribution in [0, 0.1) is 0 Å². The maximum atomic E-state index is 11.2. The van der Waals surface area contributed by atoms with Gasteiger partial charge in [0, 0.05) is 11.1 Å². The van der Waals surface area contributed by atoms with E-state index in [1.165, 1.54) is 0 Å². The predicted molar refractivity (Wildman–Crippen MR) is 64.3 cm³/mol. The zero-order chi connectivity index (χ0) is 11.1. The number of thioether (sulfide) groups is 1. The quantitative estimate of drug-likeness (QED) is 0.722. The molecular weight excluding hydrogens is 230 g/mol. The van der Waals surface area contributed by atoms with Crippen molar-refractivity contribution in [2.45, 2.75) is 26.0 Å². The molecule has 0 saturated carbocycles. The summed E-state index contributed by atoms with van der Waals surface area (Å²) in [5, 5.41) is 3.02. The van der Waals surface area contributed by atoms with Gasteiger partial charge in [-0.3, -0.25) is 4.79 Å². The fourth-order valence-electron chi connectivity index (χ4n) is 1.05. The fourth-order valence-corrected chi connectivity index (χ4v) is 2.59. The number of rotatable bonds is 6. The van der Waals surface area contributed by atoms with Crippen LogP contribution in [0.25, 0.3) is 0 Å². The summed E-state index contributed by atoms with van der Waals surface area (Å²) in [5.41, 5.74) is 0.824. The summed E-state index contributed by atoms with van der Waals surface area (Å²) in [6, 6.07) is 0. The van der Waals surface area contributed by atoms with E-state index in [9.17, 15) is 4.79 Å². The molecule has 84 valence electrons. The van der Waals surface area contributed by atoms with Gasteiger partial charge in [-0.25, -0.2) is 4.98 Å². The molecule has 0 bridgehead atoms. The topological polar surface area (TPSA) is 39.2 Å². The van der Waals surface area contributed by atoms with Gasteiger partial charge in [0.05, 0.1) is 18.7 Å². The van der Waals surface area contributed by atoms with Gasteiger partial charge in [-0.15, -0.1) is 11.3 Å². The molecule has 0 atom stereocenters. The smallest absolute Gasteiger partial charge is 0.311 e. The van der Waals surface area contributed by atoms with Crippen LogP contribution in [-0.4, -0.2) is 23.3 Å². The molecule has 0 spiro atoms. The van der Waals surface area contributed by atoms with E-state index in [-0.39, 0.29) is 5.97 Å². The minimum atomic E-state index is -0.197. The summed E-state index contributed by atoms with van der Waals surface area (Å²) >= 11 is 3.45. The molecule has 0 radical (unpaired) electrons. The van der Waals surface area contributed by atoms with Gasteiger partial charge in [0.1, 0.15) is 5.01 Å². The number of nitrogens with zero attached hydrogens (tertiary/aromatic N) is 1. The summed E-state index contributed by atoms with van der Waals surface area (Å²) in [4.78, 5) is 15.5. The Balaban J connectivity index is 2.42. The van der Waals surface area contributed by atoms with Gasteiger partial charge in [0.2, 0.25) is 0 Å². The molecule has 0 aromatic carbocycles. The molecule has 1 rings (SSSR count). The first kappa shape index (κ1) is 12.5. The van der Waals surface area contributed by atoms with E-state index < -0.39 is 0 Å². The van der Waals surface area contributed by atoms with Crippen LogP contribution in [-0.2, 0) is 21.7 Å². The Morgan fingerprint density at radius 2 is 2.40 bits per heavy atom.